The molecule has 1 aliphatic heterocycles. The zero-order valence-electron chi connectivity index (χ0n) is 11.3. The molecule has 2 heterocycles. The fourth-order valence-corrected chi connectivity index (χ4v) is 3.74. The predicted molar refractivity (Wildman–Crippen MR) is 80.8 cm³/mol. The van der Waals surface area contributed by atoms with E-state index in [4.69, 9.17) is 5.73 Å². The predicted octanol–water partition coefficient (Wildman–Crippen LogP) is 2.49. The highest BCUT2D eigenvalue weighted by Gasteiger charge is 2.27. The highest BCUT2D eigenvalue weighted by Crippen LogP contribution is 2.34. The summed E-state index contributed by atoms with van der Waals surface area (Å²) in [7, 11) is 0. The minimum atomic E-state index is 0.134. The molecule has 2 aromatic rings. The Labute approximate surface area is 122 Å². The maximum atomic E-state index is 9.75. The minimum absolute atomic E-state index is 0.134. The normalized spacial score (nSPS) is 17.4. The van der Waals surface area contributed by atoms with Gasteiger partial charge in [-0.05, 0) is 43.6 Å². The van der Waals surface area contributed by atoms with E-state index in [2.05, 4.69) is 16.0 Å². The Bertz CT molecular complexity index is 578. The van der Waals surface area contributed by atoms with Crippen LogP contribution in [0, 0.1) is 0 Å². The van der Waals surface area contributed by atoms with E-state index in [0.29, 0.717) is 12.3 Å². The largest absolute Gasteiger partial charge is 0.508 e. The van der Waals surface area contributed by atoms with Crippen LogP contribution in [0.2, 0.25) is 0 Å². The Morgan fingerprint density at radius 1 is 1.35 bits per heavy atom. The van der Waals surface area contributed by atoms with Crippen LogP contribution in [0.1, 0.15) is 35.1 Å². The van der Waals surface area contributed by atoms with E-state index in [9.17, 15) is 5.11 Å². The fourth-order valence-electron chi connectivity index (χ4n) is 2.75. The molecule has 0 amide bonds. The van der Waals surface area contributed by atoms with Gasteiger partial charge in [0.2, 0.25) is 0 Å². The molecule has 0 bridgehead atoms. The second kappa shape index (κ2) is 5.91. The second-order valence-corrected chi connectivity index (χ2v) is 6.01. The average molecular weight is 289 g/mol. The van der Waals surface area contributed by atoms with Crippen molar-refractivity contribution in [1.29, 1.82) is 0 Å². The first-order valence-corrected chi connectivity index (χ1v) is 7.83. The zero-order chi connectivity index (χ0) is 13.9. The van der Waals surface area contributed by atoms with Crippen LogP contribution < -0.4 is 5.73 Å². The van der Waals surface area contributed by atoms with Gasteiger partial charge < -0.3 is 10.8 Å². The Balaban J connectivity index is 1.98. The summed E-state index contributed by atoms with van der Waals surface area (Å²) in [6.45, 7) is 2.64. The van der Waals surface area contributed by atoms with Crippen LogP contribution in [0.25, 0.3) is 0 Å². The fraction of sp³-hybridized carbons (Fsp3) is 0.400. The number of thiazole rings is 1. The van der Waals surface area contributed by atoms with E-state index in [1.54, 1.807) is 17.4 Å². The monoisotopic (exact) mass is 289 g/mol. The summed E-state index contributed by atoms with van der Waals surface area (Å²) in [5.74, 6) is 0.308. The van der Waals surface area contributed by atoms with Gasteiger partial charge >= 0.3 is 0 Å². The van der Waals surface area contributed by atoms with Crippen LogP contribution in [-0.2, 0) is 6.54 Å². The van der Waals surface area contributed by atoms with Gasteiger partial charge in [0.05, 0.1) is 11.7 Å². The van der Waals surface area contributed by atoms with Crippen molar-refractivity contribution in [3.05, 3.63) is 45.9 Å². The van der Waals surface area contributed by atoms with E-state index < -0.39 is 0 Å². The molecule has 1 aliphatic rings. The van der Waals surface area contributed by atoms with Gasteiger partial charge in [0.1, 0.15) is 10.8 Å². The van der Waals surface area contributed by atoms with Crippen molar-refractivity contribution in [1.82, 2.24) is 9.88 Å². The van der Waals surface area contributed by atoms with Crippen LogP contribution in [0.3, 0.4) is 0 Å². The number of hydrogen-bond donors (Lipinski definition) is 2. The van der Waals surface area contributed by atoms with Crippen LogP contribution in [0.5, 0.6) is 5.75 Å². The number of nitrogens with zero attached hydrogens (tertiary/aromatic N) is 2. The summed E-state index contributed by atoms with van der Waals surface area (Å²) in [5, 5.41) is 12.8. The van der Waals surface area contributed by atoms with Crippen molar-refractivity contribution < 1.29 is 5.11 Å². The van der Waals surface area contributed by atoms with Crippen molar-refractivity contribution in [2.24, 2.45) is 5.73 Å². The third kappa shape index (κ3) is 2.70. The first-order chi connectivity index (χ1) is 9.78. The molecule has 1 unspecified atom stereocenters. The number of hydrogen-bond acceptors (Lipinski definition) is 5. The standard InChI is InChI=1S/C15H19N3OS/c16-9-12-10-20-15(17-12)14(18-6-1-2-7-18)11-4-3-5-13(19)8-11/h3-5,8,10,14,19H,1-2,6-7,9,16H2. The molecule has 3 N–H and O–H groups in total. The highest BCUT2D eigenvalue weighted by molar-refractivity contribution is 7.09. The molecule has 1 aromatic heterocycles. The molecule has 1 saturated heterocycles. The molecule has 4 nitrogen and oxygen atoms in total. The first-order valence-electron chi connectivity index (χ1n) is 6.95. The molecule has 1 fully saturated rings. The topological polar surface area (TPSA) is 62.4 Å². The van der Waals surface area contributed by atoms with E-state index in [0.717, 1.165) is 29.4 Å². The minimum Gasteiger partial charge on any atom is -0.508 e. The van der Waals surface area contributed by atoms with Crippen LogP contribution in [-0.4, -0.2) is 28.1 Å². The lowest BCUT2D eigenvalue weighted by molar-refractivity contribution is 0.280. The number of benzene rings is 1. The Hall–Kier alpha value is -1.43. The molecule has 0 spiro atoms. The quantitative estimate of drug-likeness (QED) is 0.908. The van der Waals surface area contributed by atoms with Crippen molar-refractivity contribution >= 4 is 11.3 Å². The lowest BCUT2D eigenvalue weighted by Gasteiger charge is -2.26. The van der Waals surface area contributed by atoms with Gasteiger partial charge in [0.25, 0.3) is 0 Å². The number of likely N-dealkylation sites (tertiary alicyclic amines) is 1. The van der Waals surface area contributed by atoms with Crippen LogP contribution >= 0.6 is 11.3 Å². The van der Waals surface area contributed by atoms with Crippen molar-refractivity contribution in [2.45, 2.75) is 25.4 Å². The SMILES string of the molecule is NCc1csc(C(c2cccc(O)c2)N2CCCC2)n1. The van der Waals surface area contributed by atoms with Gasteiger partial charge in [0.15, 0.2) is 0 Å². The zero-order valence-corrected chi connectivity index (χ0v) is 12.1. The number of phenolic OH excluding ortho intramolecular Hbond substituents is 1. The molecular weight excluding hydrogens is 270 g/mol. The molecule has 5 heteroatoms. The summed E-state index contributed by atoms with van der Waals surface area (Å²) in [6, 6.07) is 7.64. The average Bonchev–Trinajstić information content (AvgIpc) is 3.11. The number of aromatic nitrogens is 1. The summed E-state index contributed by atoms with van der Waals surface area (Å²) >= 11 is 1.66. The van der Waals surface area contributed by atoms with Gasteiger partial charge in [-0.2, -0.15) is 0 Å². The third-order valence-corrected chi connectivity index (χ3v) is 4.65. The summed E-state index contributed by atoms with van der Waals surface area (Å²) < 4.78 is 0. The van der Waals surface area contributed by atoms with Crippen molar-refractivity contribution in [3.63, 3.8) is 0 Å². The molecule has 1 atom stereocenters. The van der Waals surface area contributed by atoms with E-state index >= 15 is 0 Å². The molecule has 0 radical (unpaired) electrons. The summed E-state index contributed by atoms with van der Waals surface area (Å²) in [5.41, 5.74) is 7.71. The van der Waals surface area contributed by atoms with E-state index in [-0.39, 0.29) is 6.04 Å². The molecule has 0 saturated carbocycles. The number of aromatic hydroxyl groups is 1. The number of phenols is 1. The Morgan fingerprint density at radius 3 is 2.80 bits per heavy atom. The van der Waals surface area contributed by atoms with Gasteiger partial charge in [0, 0.05) is 11.9 Å². The van der Waals surface area contributed by atoms with Crippen LogP contribution in [0.4, 0.5) is 0 Å². The lowest BCUT2D eigenvalue weighted by Crippen LogP contribution is -2.26. The summed E-state index contributed by atoms with van der Waals surface area (Å²) in [6.07, 6.45) is 2.45. The second-order valence-electron chi connectivity index (χ2n) is 5.12. The van der Waals surface area contributed by atoms with E-state index in [1.165, 1.54) is 12.8 Å². The number of nitrogens with two attached hydrogens (primary N) is 1. The van der Waals surface area contributed by atoms with Crippen LogP contribution in [0.15, 0.2) is 29.6 Å². The molecule has 106 valence electrons. The molecule has 20 heavy (non-hydrogen) atoms. The molecule has 1 aromatic carbocycles. The Kier molecular flexibility index (Phi) is 4.00. The Morgan fingerprint density at radius 2 is 2.15 bits per heavy atom. The van der Waals surface area contributed by atoms with E-state index in [1.807, 2.05) is 17.5 Å². The smallest absolute Gasteiger partial charge is 0.115 e. The van der Waals surface area contributed by atoms with Gasteiger partial charge in [-0.3, -0.25) is 4.90 Å². The highest BCUT2D eigenvalue weighted by atomic mass is 32.1. The van der Waals surface area contributed by atoms with Crippen molar-refractivity contribution in [2.75, 3.05) is 13.1 Å². The van der Waals surface area contributed by atoms with Crippen molar-refractivity contribution in [3.8, 4) is 5.75 Å². The maximum Gasteiger partial charge on any atom is 0.115 e. The summed E-state index contributed by atoms with van der Waals surface area (Å²) in [4.78, 5) is 7.09. The maximum absolute atomic E-state index is 9.75. The third-order valence-electron chi connectivity index (χ3n) is 3.70. The lowest BCUT2D eigenvalue weighted by atomic mass is 10.1. The molecule has 3 rings (SSSR count). The molecular formula is C15H19N3OS. The number of rotatable bonds is 4. The van der Waals surface area contributed by atoms with Gasteiger partial charge in [-0.15, -0.1) is 11.3 Å². The first kappa shape index (κ1) is 13.5. The molecule has 0 aliphatic carbocycles. The van der Waals surface area contributed by atoms with Gasteiger partial charge in [-0.1, -0.05) is 12.1 Å². The van der Waals surface area contributed by atoms with Gasteiger partial charge in [-0.25, -0.2) is 4.98 Å².